The minimum atomic E-state index is -4.05. The number of nitrogens with zero attached hydrogens (tertiary/aromatic N) is 4. The van der Waals surface area contributed by atoms with E-state index in [4.69, 9.17) is 10.4 Å². The summed E-state index contributed by atoms with van der Waals surface area (Å²) >= 11 is 0. The van der Waals surface area contributed by atoms with E-state index in [1.807, 2.05) is 12.1 Å². The summed E-state index contributed by atoms with van der Waals surface area (Å²) in [7, 11) is -4.05. The van der Waals surface area contributed by atoms with Gasteiger partial charge in [0.1, 0.15) is 18.4 Å². The van der Waals surface area contributed by atoms with Crippen molar-refractivity contribution in [3.05, 3.63) is 77.9 Å². The first-order chi connectivity index (χ1) is 12.4. The summed E-state index contributed by atoms with van der Waals surface area (Å²) in [5.41, 5.74) is 2.49. The lowest BCUT2D eigenvalue weighted by Crippen LogP contribution is -2.19. The number of hydrogen-bond acceptors (Lipinski definition) is 6. The van der Waals surface area contributed by atoms with Crippen molar-refractivity contribution in [2.24, 2.45) is 5.14 Å². The van der Waals surface area contributed by atoms with Gasteiger partial charge in [-0.2, -0.15) is 23.9 Å². The summed E-state index contributed by atoms with van der Waals surface area (Å²) in [5.74, 6) is 0.145. The lowest BCUT2D eigenvalue weighted by molar-refractivity contribution is 0.487. The minimum absolute atomic E-state index is 0.129. The predicted octanol–water partition coefficient (Wildman–Crippen LogP) is 1.56. The maximum Gasteiger partial charge on any atom is 0.380 e. The second-order valence-corrected chi connectivity index (χ2v) is 6.70. The highest BCUT2D eigenvalue weighted by atomic mass is 32.2. The Balaban J connectivity index is 1.85. The standard InChI is InChI=1S/C17H15N5O3S/c18-10-14-1-5-15(6-2-14)17(22-12-20-11-21-22)9-13-3-7-16(8-4-13)25-26(19,23)24/h1-8,11-12,17H,9H2,(H2,19,23,24). The van der Waals surface area contributed by atoms with Crippen LogP contribution in [-0.4, -0.2) is 23.2 Å². The SMILES string of the molecule is N#Cc1ccc(C(Cc2ccc(OS(N)(=O)=O)cc2)n2cncn2)cc1. The van der Waals surface area contributed by atoms with E-state index < -0.39 is 10.3 Å². The topological polar surface area (TPSA) is 124 Å². The van der Waals surface area contributed by atoms with Gasteiger partial charge in [-0.1, -0.05) is 24.3 Å². The first-order valence-electron chi connectivity index (χ1n) is 7.60. The predicted molar refractivity (Wildman–Crippen MR) is 93.2 cm³/mol. The van der Waals surface area contributed by atoms with Gasteiger partial charge < -0.3 is 4.18 Å². The average Bonchev–Trinajstić information content (AvgIpc) is 3.14. The van der Waals surface area contributed by atoms with Gasteiger partial charge >= 0.3 is 10.3 Å². The molecule has 0 bridgehead atoms. The highest BCUT2D eigenvalue weighted by Gasteiger charge is 2.16. The summed E-state index contributed by atoms with van der Waals surface area (Å²) in [6.07, 6.45) is 3.67. The number of nitrogens with two attached hydrogens (primary N) is 1. The Morgan fingerprint density at radius 1 is 1.15 bits per heavy atom. The molecule has 0 aliphatic heterocycles. The van der Waals surface area contributed by atoms with E-state index in [1.54, 1.807) is 35.3 Å². The monoisotopic (exact) mass is 369 g/mol. The molecule has 9 heteroatoms. The molecule has 0 radical (unpaired) electrons. The van der Waals surface area contributed by atoms with Crippen LogP contribution in [-0.2, 0) is 16.7 Å². The number of nitriles is 1. The molecule has 0 saturated heterocycles. The van der Waals surface area contributed by atoms with Gasteiger partial charge in [0.2, 0.25) is 0 Å². The number of benzene rings is 2. The molecular weight excluding hydrogens is 354 g/mol. The van der Waals surface area contributed by atoms with Crippen LogP contribution in [0.1, 0.15) is 22.7 Å². The first-order valence-corrected chi connectivity index (χ1v) is 9.07. The molecule has 26 heavy (non-hydrogen) atoms. The Hall–Kier alpha value is -3.22. The quantitative estimate of drug-likeness (QED) is 0.703. The van der Waals surface area contributed by atoms with Crippen molar-refractivity contribution < 1.29 is 12.6 Å². The van der Waals surface area contributed by atoms with E-state index in [9.17, 15) is 8.42 Å². The lowest BCUT2D eigenvalue weighted by atomic mass is 9.98. The number of hydrogen-bond donors (Lipinski definition) is 1. The van der Waals surface area contributed by atoms with Gasteiger partial charge in [-0.25, -0.2) is 9.67 Å². The van der Waals surface area contributed by atoms with Gasteiger partial charge in [0.15, 0.2) is 0 Å². The molecule has 2 aromatic carbocycles. The van der Waals surface area contributed by atoms with Crippen molar-refractivity contribution in [3.63, 3.8) is 0 Å². The molecule has 1 atom stereocenters. The molecule has 3 rings (SSSR count). The molecule has 2 N–H and O–H groups in total. The maximum atomic E-state index is 11.0. The molecule has 8 nitrogen and oxygen atoms in total. The van der Waals surface area contributed by atoms with Crippen LogP contribution in [0.15, 0.2) is 61.2 Å². The molecule has 0 saturated carbocycles. The van der Waals surface area contributed by atoms with E-state index in [0.29, 0.717) is 12.0 Å². The molecule has 1 aromatic heterocycles. The van der Waals surface area contributed by atoms with E-state index in [2.05, 4.69) is 20.3 Å². The Labute approximate surface area is 150 Å². The van der Waals surface area contributed by atoms with Gasteiger partial charge in [-0.05, 0) is 41.8 Å². The molecule has 1 heterocycles. The van der Waals surface area contributed by atoms with Crippen LogP contribution in [0, 0.1) is 11.3 Å². The van der Waals surface area contributed by atoms with Crippen LogP contribution in [0.25, 0.3) is 0 Å². The van der Waals surface area contributed by atoms with Crippen molar-refractivity contribution in [1.29, 1.82) is 5.26 Å². The average molecular weight is 369 g/mol. The van der Waals surface area contributed by atoms with E-state index >= 15 is 0 Å². The Bertz CT molecular complexity index is 1010. The lowest BCUT2D eigenvalue weighted by Gasteiger charge is -2.18. The van der Waals surface area contributed by atoms with Crippen LogP contribution in [0.4, 0.5) is 0 Å². The number of aromatic nitrogens is 3. The highest BCUT2D eigenvalue weighted by molar-refractivity contribution is 7.84. The van der Waals surface area contributed by atoms with Crippen molar-refractivity contribution in [2.45, 2.75) is 12.5 Å². The molecule has 0 spiro atoms. The zero-order chi connectivity index (χ0) is 18.6. The smallest absolute Gasteiger partial charge is 0.371 e. The van der Waals surface area contributed by atoms with Crippen molar-refractivity contribution in [3.8, 4) is 11.8 Å². The summed E-state index contributed by atoms with van der Waals surface area (Å²) in [6, 6.07) is 15.8. The molecule has 0 aliphatic carbocycles. The summed E-state index contributed by atoms with van der Waals surface area (Å²) in [4.78, 5) is 4.00. The van der Waals surface area contributed by atoms with Gasteiger partial charge in [0.25, 0.3) is 0 Å². The van der Waals surface area contributed by atoms with Gasteiger partial charge in [0.05, 0.1) is 17.7 Å². The van der Waals surface area contributed by atoms with E-state index in [-0.39, 0.29) is 11.8 Å². The third-order valence-electron chi connectivity index (χ3n) is 3.75. The Morgan fingerprint density at radius 2 is 1.85 bits per heavy atom. The Morgan fingerprint density at radius 3 is 2.38 bits per heavy atom. The fraction of sp³-hybridized carbons (Fsp3) is 0.118. The normalized spacial score (nSPS) is 12.3. The van der Waals surface area contributed by atoms with E-state index in [1.165, 1.54) is 18.5 Å². The van der Waals surface area contributed by atoms with Gasteiger partial charge in [-0.15, -0.1) is 0 Å². The summed E-state index contributed by atoms with van der Waals surface area (Å²) < 4.78 is 28.3. The van der Waals surface area contributed by atoms with E-state index in [0.717, 1.165) is 11.1 Å². The highest BCUT2D eigenvalue weighted by Crippen LogP contribution is 2.24. The summed E-state index contributed by atoms with van der Waals surface area (Å²) in [6.45, 7) is 0. The fourth-order valence-electron chi connectivity index (χ4n) is 2.56. The number of rotatable bonds is 6. The van der Waals surface area contributed by atoms with Gasteiger partial charge in [0, 0.05) is 0 Å². The zero-order valence-electron chi connectivity index (χ0n) is 13.6. The fourth-order valence-corrected chi connectivity index (χ4v) is 2.94. The zero-order valence-corrected chi connectivity index (χ0v) is 14.4. The molecule has 132 valence electrons. The third kappa shape index (κ3) is 4.44. The van der Waals surface area contributed by atoms with Crippen LogP contribution < -0.4 is 9.32 Å². The molecule has 0 aliphatic rings. The Kier molecular flexibility index (Phi) is 4.97. The molecular formula is C17H15N5O3S. The second-order valence-electron chi connectivity index (χ2n) is 5.55. The van der Waals surface area contributed by atoms with Crippen LogP contribution in [0.3, 0.4) is 0 Å². The van der Waals surface area contributed by atoms with Crippen molar-refractivity contribution in [1.82, 2.24) is 14.8 Å². The van der Waals surface area contributed by atoms with Gasteiger partial charge in [-0.3, -0.25) is 0 Å². The molecule has 0 fully saturated rings. The first kappa shape index (κ1) is 17.6. The molecule has 3 aromatic rings. The van der Waals surface area contributed by atoms with Crippen molar-refractivity contribution >= 4 is 10.3 Å². The third-order valence-corrected chi connectivity index (χ3v) is 4.17. The molecule has 1 unspecified atom stereocenters. The van der Waals surface area contributed by atoms with Crippen LogP contribution in [0.2, 0.25) is 0 Å². The minimum Gasteiger partial charge on any atom is -0.371 e. The van der Waals surface area contributed by atoms with Crippen LogP contribution >= 0.6 is 0 Å². The summed E-state index contributed by atoms with van der Waals surface area (Å²) in [5, 5.41) is 18.0. The molecule has 0 amide bonds. The van der Waals surface area contributed by atoms with Crippen LogP contribution in [0.5, 0.6) is 5.75 Å². The largest absolute Gasteiger partial charge is 0.380 e. The van der Waals surface area contributed by atoms with Crippen molar-refractivity contribution in [2.75, 3.05) is 0 Å². The maximum absolute atomic E-state index is 11.0. The second kappa shape index (κ2) is 7.35.